The average molecular weight is 392 g/mol. The molecule has 3 rings (SSSR count). The van der Waals surface area contributed by atoms with E-state index in [-0.39, 0.29) is 6.10 Å². The summed E-state index contributed by atoms with van der Waals surface area (Å²) in [5, 5.41) is 0. The monoisotopic (exact) mass is 391 g/mol. The van der Waals surface area contributed by atoms with Crippen LogP contribution in [0.2, 0.25) is 0 Å². The highest BCUT2D eigenvalue weighted by Gasteiger charge is 2.19. The smallest absolute Gasteiger partial charge is 0.320 e. The van der Waals surface area contributed by atoms with Crippen molar-refractivity contribution in [2.24, 2.45) is 0 Å². The summed E-state index contributed by atoms with van der Waals surface area (Å²) in [5.74, 6) is 0.316. The first-order valence-electron chi connectivity index (χ1n) is 10.5. The van der Waals surface area contributed by atoms with Gasteiger partial charge in [0, 0.05) is 13.2 Å². The second kappa shape index (κ2) is 9.91. The number of unbranched alkanes of at least 4 members (excludes halogenated alkanes) is 1. The molecule has 1 aliphatic heterocycles. The van der Waals surface area contributed by atoms with Crippen LogP contribution in [-0.4, -0.2) is 45.4 Å². The highest BCUT2D eigenvalue weighted by molar-refractivity contribution is 5.83. The van der Waals surface area contributed by atoms with Crippen molar-refractivity contribution >= 4 is 17.0 Å². The van der Waals surface area contributed by atoms with Crippen molar-refractivity contribution in [1.29, 1.82) is 0 Å². The van der Waals surface area contributed by atoms with Crippen molar-refractivity contribution in [3.63, 3.8) is 0 Å². The number of methoxy groups -OCH3 is 1. The number of nitrogen functional groups attached to an aromatic ring is 1. The summed E-state index contributed by atoms with van der Waals surface area (Å²) in [4.78, 5) is 13.3. The van der Waals surface area contributed by atoms with Crippen LogP contribution in [0, 0.1) is 0 Å². The van der Waals surface area contributed by atoms with E-state index in [9.17, 15) is 0 Å². The lowest BCUT2D eigenvalue weighted by molar-refractivity contribution is 0.00970. The normalized spacial score (nSPS) is 18.3. The SMILES string of the molecule is CCC[C@H](C)Oc1nc(N)c2nc(OC)n(CCCCC3CCCCO3)c2n1. The van der Waals surface area contributed by atoms with E-state index in [2.05, 4.69) is 21.9 Å². The number of anilines is 1. The van der Waals surface area contributed by atoms with E-state index in [1.807, 2.05) is 11.5 Å². The van der Waals surface area contributed by atoms with E-state index >= 15 is 0 Å². The van der Waals surface area contributed by atoms with Crippen LogP contribution >= 0.6 is 0 Å². The number of nitrogens with two attached hydrogens (primary N) is 1. The molecule has 1 unspecified atom stereocenters. The highest BCUT2D eigenvalue weighted by Crippen LogP contribution is 2.27. The number of aryl methyl sites for hydroxylation is 1. The number of fused-ring (bicyclic) bond motifs is 1. The molecule has 2 N–H and O–H groups in total. The zero-order valence-electron chi connectivity index (χ0n) is 17.3. The van der Waals surface area contributed by atoms with Crippen molar-refractivity contribution in [3.05, 3.63) is 0 Å². The summed E-state index contributed by atoms with van der Waals surface area (Å²) in [6, 6.07) is 0.800. The van der Waals surface area contributed by atoms with E-state index in [0.29, 0.717) is 35.1 Å². The molecule has 1 fully saturated rings. The Morgan fingerprint density at radius 2 is 2.11 bits per heavy atom. The fourth-order valence-corrected chi connectivity index (χ4v) is 3.71. The molecule has 0 aliphatic carbocycles. The maximum atomic E-state index is 6.12. The van der Waals surface area contributed by atoms with Crippen molar-refractivity contribution in [1.82, 2.24) is 19.5 Å². The number of aromatic nitrogens is 4. The third kappa shape index (κ3) is 5.04. The fraction of sp³-hybridized carbons (Fsp3) is 0.750. The van der Waals surface area contributed by atoms with Gasteiger partial charge in [-0.25, -0.2) is 0 Å². The summed E-state index contributed by atoms with van der Waals surface area (Å²) in [6.45, 7) is 5.79. The van der Waals surface area contributed by atoms with Gasteiger partial charge in [-0.15, -0.1) is 0 Å². The molecule has 2 aromatic heterocycles. The molecule has 8 heteroatoms. The Kier molecular flexibility index (Phi) is 7.30. The molecule has 2 aromatic rings. The van der Waals surface area contributed by atoms with Crippen LogP contribution < -0.4 is 15.2 Å². The third-order valence-electron chi connectivity index (χ3n) is 5.18. The minimum absolute atomic E-state index is 0.0376. The minimum atomic E-state index is 0.0376. The number of ether oxygens (including phenoxy) is 3. The molecule has 1 saturated heterocycles. The Labute approximate surface area is 166 Å². The van der Waals surface area contributed by atoms with Gasteiger partial charge in [0.05, 0.1) is 19.3 Å². The highest BCUT2D eigenvalue weighted by atomic mass is 16.5. The molecule has 156 valence electrons. The second-order valence-corrected chi connectivity index (χ2v) is 7.52. The van der Waals surface area contributed by atoms with Crippen LogP contribution in [0.4, 0.5) is 5.82 Å². The first-order valence-corrected chi connectivity index (χ1v) is 10.5. The third-order valence-corrected chi connectivity index (χ3v) is 5.18. The van der Waals surface area contributed by atoms with Gasteiger partial charge in [0.1, 0.15) is 0 Å². The van der Waals surface area contributed by atoms with E-state index in [1.165, 1.54) is 19.3 Å². The molecule has 8 nitrogen and oxygen atoms in total. The van der Waals surface area contributed by atoms with Crippen LogP contribution in [0.3, 0.4) is 0 Å². The zero-order chi connectivity index (χ0) is 19.9. The topological polar surface area (TPSA) is 97.3 Å². The number of hydrogen-bond acceptors (Lipinski definition) is 7. The van der Waals surface area contributed by atoms with Gasteiger partial charge in [-0.3, -0.25) is 4.57 Å². The molecule has 0 spiro atoms. The predicted molar refractivity (Wildman–Crippen MR) is 109 cm³/mol. The molecule has 2 atom stereocenters. The van der Waals surface area contributed by atoms with Gasteiger partial charge >= 0.3 is 6.01 Å². The fourth-order valence-electron chi connectivity index (χ4n) is 3.71. The van der Waals surface area contributed by atoms with Crippen LogP contribution in [0.25, 0.3) is 11.2 Å². The number of hydrogen-bond donors (Lipinski definition) is 1. The lowest BCUT2D eigenvalue weighted by Crippen LogP contribution is -2.18. The Morgan fingerprint density at radius 3 is 2.82 bits per heavy atom. The van der Waals surface area contributed by atoms with Gasteiger partial charge in [-0.05, 0) is 51.9 Å². The molecule has 1 aliphatic rings. The van der Waals surface area contributed by atoms with E-state index in [0.717, 1.165) is 45.3 Å². The van der Waals surface area contributed by atoms with Crippen molar-refractivity contribution < 1.29 is 14.2 Å². The number of imidazole rings is 1. The predicted octanol–water partition coefficient (Wildman–Crippen LogP) is 3.72. The summed E-state index contributed by atoms with van der Waals surface area (Å²) in [6.07, 6.45) is 9.24. The lowest BCUT2D eigenvalue weighted by Gasteiger charge is -2.22. The molecule has 0 radical (unpaired) electrons. The summed E-state index contributed by atoms with van der Waals surface area (Å²) in [7, 11) is 1.61. The van der Waals surface area contributed by atoms with Gasteiger partial charge < -0.3 is 19.9 Å². The molecular formula is C20H33N5O3. The summed E-state index contributed by atoms with van der Waals surface area (Å²) in [5.41, 5.74) is 7.34. The number of rotatable bonds is 10. The molecule has 0 saturated carbocycles. The van der Waals surface area contributed by atoms with Gasteiger partial charge in [-0.1, -0.05) is 13.3 Å². The van der Waals surface area contributed by atoms with E-state index in [4.69, 9.17) is 19.9 Å². The molecule has 28 heavy (non-hydrogen) atoms. The quantitative estimate of drug-likeness (QED) is 0.616. The maximum Gasteiger partial charge on any atom is 0.320 e. The van der Waals surface area contributed by atoms with Crippen LogP contribution in [0.5, 0.6) is 12.0 Å². The molecule has 0 amide bonds. The zero-order valence-corrected chi connectivity index (χ0v) is 17.3. The largest absolute Gasteiger partial charge is 0.468 e. The van der Waals surface area contributed by atoms with Gasteiger partial charge in [-0.2, -0.15) is 15.0 Å². The lowest BCUT2D eigenvalue weighted by atomic mass is 10.0. The van der Waals surface area contributed by atoms with Gasteiger partial charge in [0.25, 0.3) is 6.01 Å². The minimum Gasteiger partial charge on any atom is -0.468 e. The van der Waals surface area contributed by atoms with Crippen LogP contribution in [-0.2, 0) is 11.3 Å². The van der Waals surface area contributed by atoms with Crippen LogP contribution in [0.15, 0.2) is 0 Å². The van der Waals surface area contributed by atoms with Crippen LogP contribution in [0.1, 0.15) is 65.2 Å². The van der Waals surface area contributed by atoms with Crippen molar-refractivity contribution in [2.75, 3.05) is 19.5 Å². The summed E-state index contributed by atoms with van der Waals surface area (Å²) < 4.78 is 19.1. The molecular weight excluding hydrogens is 358 g/mol. The number of nitrogens with zero attached hydrogens (tertiary/aromatic N) is 4. The molecule has 0 aromatic carbocycles. The summed E-state index contributed by atoms with van der Waals surface area (Å²) >= 11 is 0. The first kappa shape index (κ1) is 20.6. The Balaban J connectivity index is 1.70. The Hall–Kier alpha value is -2.09. The average Bonchev–Trinajstić information content (AvgIpc) is 3.04. The Morgan fingerprint density at radius 1 is 1.25 bits per heavy atom. The van der Waals surface area contributed by atoms with Crippen molar-refractivity contribution in [2.45, 2.75) is 84.0 Å². The van der Waals surface area contributed by atoms with Gasteiger partial charge in [0.15, 0.2) is 17.0 Å². The standard InChI is InChI=1S/C20H33N5O3/c1-4-9-14(2)28-19-23-17(21)16-18(24-19)25(20(22-16)26-3)12-7-5-10-15-11-6-8-13-27-15/h14-15H,4-13H2,1-3H3,(H2,21,23,24)/t14-,15?/m0/s1. The van der Waals surface area contributed by atoms with E-state index in [1.54, 1.807) is 7.11 Å². The van der Waals surface area contributed by atoms with Gasteiger partial charge in [0.2, 0.25) is 0 Å². The first-order chi connectivity index (χ1) is 13.6. The maximum absolute atomic E-state index is 6.12. The molecule has 0 bridgehead atoms. The Bertz CT molecular complexity index is 758. The van der Waals surface area contributed by atoms with Crippen molar-refractivity contribution in [3.8, 4) is 12.0 Å². The molecule has 3 heterocycles. The van der Waals surface area contributed by atoms with E-state index < -0.39 is 0 Å². The second-order valence-electron chi connectivity index (χ2n) is 7.52.